The minimum atomic E-state index is -0.0459. The van der Waals surface area contributed by atoms with Gasteiger partial charge in [-0.3, -0.25) is 9.59 Å². The van der Waals surface area contributed by atoms with Crippen LogP contribution in [0.4, 0.5) is 0 Å². The Morgan fingerprint density at radius 3 is 2.57 bits per heavy atom. The third-order valence-electron chi connectivity index (χ3n) is 7.63. The Bertz CT molecular complexity index is 499. The quantitative estimate of drug-likeness (QED) is 0.641. The van der Waals surface area contributed by atoms with Gasteiger partial charge in [-0.25, -0.2) is 0 Å². The summed E-state index contributed by atoms with van der Waals surface area (Å²) in [5.41, 5.74) is 0.111. The number of ether oxygens (including phenoxy) is 1. The Kier molecular flexibility index (Phi) is 2.84. The number of hydrogen-bond acceptors (Lipinski definition) is 3. The summed E-state index contributed by atoms with van der Waals surface area (Å²) in [6, 6.07) is 0. The van der Waals surface area contributed by atoms with Gasteiger partial charge in [0.2, 0.25) is 0 Å². The molecule has 0 aromatic carbocycles. The van der Waals surface area contributed by atoms with Crippen molar-refractivity contribution in [2.24, 2.45) is 28.6 Å². The number of fused-ring (bicyclic) bond motifs is 5. The molecule has 0 aromatic rings. The molecule has 3 heteroatoms. The van der Waals surface area contributed by atoms with Crippen molar-refractivity contribution >= 4 is 11.8 Å². The third kappa shape index (κ3) is 1.72. The van der Waals surface area contributed by atoms with Crippen molar-refractivity contribution in [1.82, 2.24) is 0 Å². The number of esters is 1. The van der Waals surface area contributed by atoms with E-state index in [2.05, 4.69) is 13.8 Å². The second-order valence-electron chi connectivity index (χ2n) is 8.36. The highest BCUT2D eigenvalue weighted by atomic mass is 16.5. The molecule has 116 valence electrons. The molecule has 0 N–H and O–H groups in total. The van der Waals surface area contributed by atoms with Crippen molar-refractivity contribution < 1.29 is 14.3 Å². The van der Waals surface area contributed by atoms with Crippen molar-refractivity contribution in [2.45, 2.75) is 71.3 Å². The Labute approximate surface area is 126 Å². The predicted octanol–water partition coefficient (Wildman–Crippen LogP) is 3.50. The number of carbonyl (C=O) groups is 2. The Morgan fingerprint density at radius 1 is 0.952 bits per heavy atom. The molecule has 0 bridgehead atoms. The standard InChI is InChI=1S/C18H26O3/c1-17-9-7-13-11(12(17)4-5-14(17)19)3-6-15-18(13,2)10-8-16(20)21-15/h11-13,15H,3-10H2,1-2H3/t11-,12-,13-,15?,17-,18+/m0/s1. The van der Waals surface area contributed by atoms with Crippen molar-refractivity contribution in [3.63, 3.8) is 0 Å². The zero-order valence-electron chi connectivity index (χ0n) is 13.2. The number of carbonyl (C=O) groups excluding carboxylic acids is 2. The zero-order chi connectivity index (χ0) is 14.8. The largest absolute Gasteiger partial charge is 0.462 e. The van der Waals surface area contributed by atoms with Gasteiger partial charge in [0.25, 0.3) is 0 Å². The highest BCUT2D eigenvalue weighted by Gasteiger charge is 2.60. The second-order valence-corrected chi connectivity index (χ2v) is 8.36. The van der Waals surface area contributed by atoms with E-state index in [4.69, 9.17) is 4.74 Å². The van der Waals surface area contributed by atoms with Gasteiger partial charge in [-0.15, -0.1) is 0 Å². The van der Waals surface area contributed by atoms with Gasteiger partial charge in [0.1, 0.15) is 11.9 Å². The van der Waals surface area contributed by atoms with Crippen LogP contribution >= 0.6 is 0 Å². The van der Waals surface area contributed by atoms with E-state index in [1.807, 2.05) is 0 Å². The third-order valence-corrected chi connectivity index (χ3v) is 7.63. The first-order chi connectivity index (χ1) is 9.95. The van der Waals surface area contributed by atoms with Gasteiger partial charge in [0.05, 0.1) is 0 Å². The Hall–Kier alpha value is -0.860. The monoisotopic (exact) mass is 290 g/mol. The van der Waals surface area contributed by atoms with Gasteiger partial charge < -0.3 is 4.74 Å². The van der Waals surface area contributed by atoms with E-state index < -0.39 is 0 Å². The highest BCUT2D eigenvalue weighted by Crippen LogP contribution is 2.63. The predicted molar refractivity (Wildman–Crippen MR) is 78.5 cm³/mol. The fourth-order valence-electron chi connectivity index (χ4n) is 6.32. The molecule has 0 spiro atoms. The number of rotatable bonds is 0. The maximum Gasteiger partial charge on any atom is 0.306 e. The normalized spacial score (nSPS) is 52.7. The lowest BCUT2D eigenvalue weighted by Crippen LogP contribution is -2.56. The fourth-order valence-corrected chi connectivity index (χ4v) is 6.32. The maximum atomic E-state index is 12.3. The van der Waals surface area contributed by atoms with Crippen LogP contribution in [-0.2, 0) is 14.3 Å². The molecular formula is C18H26O3. The first kappa shape index (κ1) is 13.8. The molecule has 1 heterocycles. The molecule has 3 aliphatic carbocycles. The topological polar surface area (TPSA) is 43.4 Å². The highest BCUT2D eigenvalue weighted by molar-refractivity contribution is 5.87. The summed E-state index contributed by atoms with van der Waals surface area (Å²) in [7, 11) is 0. The molecule has 4 rings (SSSR count). The average Bonchev–Trinajstić information content (AvgIpc) is 2.76. The van der Waals surface area contributed by atoms with Crippen LogP contribution in [0.3, 0.4) is 0 Å². The van der Waals surface area contributed by atoms with Gasteiger partial charge in [-0.2, -0.15) is 0 Å². The van der Waals surface area contributed by atoms with Crippen molar-refractivity contribution in [3.8, 4) is 0 Å². The molecule has 0 aromatic heterocycles. The first-order valence-electron chi connectivity index (χ1n) is 8.68. The van der Waals surface area contributed by atoms with Gasteiger partial charge in [-0.05, 0) is 56.3 Å². The van der Waals surface area contributed by atoms with Crippen LogP contribution in [-0.4, -0.2) is 17.9 Å². The van der Waals surface area contributed by atoms with Crippen molar-refractivity contribution in [1.29, 1.82) is 0 Å². The van der Waals surface area contributed by atoms with Crippen LogP contribution in [0.15, 0.2) is 0 Å². The molecule has 6 atom stereocenters. The number of Topliss-reactive ketones (excluding diaryl/α,β-unsaturated/α-hetero) is 1. The molecule has 0 radical (unpaired) electrons. The van der Waals surface area contributed by atoms with E-state index in [-0.39, 0.29) is 22.9 Å². The van der Waals surface area contributed by atoms with E-state index in [0.717, 1.165) is 44.9 Å². The van der Waals surface area contributed by atoms with Gasteiger partial charge in [0, 0.05) is 23.7 Å². The molecular weight excluding hydrogens is 264 g/mol. The van der Waals surface area contributed by atoms with Crippen LogP contribution in [0.25, 0.3) is 0 Å². The lowest BCUT2D eigenvalue weighted by molar-refractivity contribution is -0.190. The van der Waals surface area contributed by atoms with E-state index in [0.29, 0.717) is 30.0 Å². The lowest BCUT2D eigenvalue weighted by Gasteiger charge is -2.58. The Morgan fingerprint density at radius 2 is 1.76 bits per heavy atom. The molecule has 3 saturated carbocycles. The van der Waals surface area contributed by atoms with Crippen LogP contribution in [0.1, 0.15) is 65.2 Å². The van der Waals surface area contributed by atoms with E-state index in [1.54, 1.807) is 0 Å². The summed E-state index contributed by atoms with van der Waals surface area (Å²) in [6.45, 7) is 4.57. The molecule has 3 nitrogen and oxygen atoms in total. The van der Waals surface area contributed by atoms with Gasteiger partial charge in [0.15, 0.2) is 0 Å². The molecule has 1 saturated heterocycles. The molecule has 4 fully saturated rings. The molecule has 0 amide bonds. The SMILES string of the molecule is C[C@]12CCC(=O)OC1CC[C@@H]1[C@@H]2CC[C@]2(C)C(=O)CC[C@@H]12. The summed E-state index contributed by atoms with van der Waals surface area (Å²) in [6.07, 6.45) is 7.92. The Balaban J connectivity index is 1.65. The summed E-state index contributed by atoms with van der Waals surface area (Å²) >= 11 is 0. The van der Waals surface area contributed by atoms with Crippen LogP contribution in [0.2, 0.25) is 0 Å². The van der Waals surface area contributed by atoms with Crippen LogP contribution in [0.5, 0.6) is 0 Å². The first-order valence-corrected chi connectivity index (χ1v) is 8.68. The lowest BCUT2D eigenvalue weighted by atomic mass is 9.48. The number of ketones is 1. The average molecular weight is 290 g/mol. The second kappa shape index (κ2) is 4.33. The minimum Gasteiger partial charge on any atom is -0.462 e. The molecule has 4 aliphatic rings. The zero-order valence-corrected chi connectivity index (χ0v) is 13.2. The fraction of sp³-hybridized carbons (Fsp3) is 0.889. The maximum absolute atomic E-state index is 12.3. The molecule has 1 aliphatic heterocycles. The van der Waals surface area contributed by atoms with Gasteiger partial charge in [-0.1, -0.05) is 13.8 Å². The molecule has 21 heavy (non-hydrogen) atoms. The van der Waals surface area contributed by atoms with Crippen LogP contribution < -0.4 is 0 Å². The van der Waals surface area contributed by atoms with Gasteiger partial charge >= 0.3 is 5.97 Å². The summed E-state index contributed by atoms with van der Waals surface area (Å²) in [5.74, 6) is 2.40. The summed E-state index contributed by atoms with van der Waals surface area (Å²) < 4.78 is 5.69. The smallest absolute Gasteiger partial charge is 0.306 e. The summed E-state index contributed by atoms with van der Waals surface area (Å²) in [5, 5.41) is 0. The minimum absolute atomic E-state index is 0.00684. The van der Waals surface area contributed by atoms with E-state index >= 15 is 0 Å². The number of hydrogen-bond donors (Lipinski definition) is 0. The van der Waals surface area contributed by atoms with Crippen molar-refractivity contribution in [3.05, 3.63) is 0 Å². The van der Waals surface area contributed by atoms with Crippen LogP contribution in [0, 0.1) is 28.6 Å². The van der Waals surface area contributed by atoms with Crippen molar-refractivity contribution in [2.75, 3.05) is 0 Å². The summed E-state index contributed by atoms with van der Waals surface area (Å²) in [4.78, 5) is 24.0. The molecule has 1 unspecified atom stereocenters. The van der Waals surface area contributed by atoms with E-state index in [1.165, 1.54) is 0 Å². The van der Waals surface area contributed by atoms with E-state index in [9.17, 15) is 9.59 Å².